The molecule has 0 fully saturated rings. The van der Waals surface area contributed by atoms with Crippen LogP contribution in [0.4, 0.5) is 22.9 Å². The molecule has 2 aliphatic heterocycles. The smallest absolute Gasteiger partial charge is 0.439 e. The van der Waals surface area contributed by atoms with Gasteiger partial charge in [-0.3, -0.25) is 0 Å². The van der Waals surface area contributed by atoms with Crippen molar-refractivity contribution in [3.8, 4) is 16.8 Å². The largest absolute Gasteiger partial charge is 0.441 e. The van der Waals surface area contributed by atoms with E-state index in [1.165, 1.54) is 27.6 Å². The Morgan fingerprint density at radius 2 is 1.18 bits per heavy atom. The monoisotopic (exact) mass is 499 g/mol. The number of rotatable bonds is 2. The van der Waals surface area contributed by atoms with Crippen LogP contribution in [0.25, 0.3) is 38.7 Å². The predicted molar refractivity (Wildman–Crippen MR) is 161 cm³/mol. The van der Waals surface area contributed by atoms with Gasteiger partial charge < -0.3 is 18.6 Å². The first-order valence-corrected chi connectivity index (χ1v) is 13.3. The molecular weight excluding hydrogens is 477 g/mol. The number of fused-ring (bicyclic) bond motifs is 12. The van der Waals surface area contributed by atoms with Crippen LogP contribution in [0.3, 0.4) is 0 Å². The second-order valence-corrected chi connectivity index (χ2v) is 10.2. The van der Waals surface area contributed by atoms with E-state index in [1.807, 2.05) is 6.07 Å². The van der Waals surface area contributed by atoms with Gasteiger partial charge in [-0.25, -0.2) is 0 Å². The third-order valence-corrected chi connectivity index (χ3v) is 8.14. The van der Waals surface area contributed by atoms with Crippen LogP contribution in [0.5, 0.6) is 0 Å². The molecule has 9 rings (SSSR count). The zero-order chi connectivity index (χ0) is 25.5. The maximum Gasteiger partial charge on any atom is 0.441 e. The lowest BCUT2D eigenvalue weighted by Gasteiger charge is -2.35. The minimum Gasteiger partial charge on any atom is -0.439 e. The number of hydrogen-bond donors (Lipinski definition) is 0. The van der Waals surface area contributed by atoms with Crippen LogP contribution in [0, 0.1) is 0 Å². The molecule has 0 radical (unpaired) electrons. The summed E-state index contributed by atoms with van der Waals surface area (Å²) in [4.78, 5) is 4.87. The fraction of sp³-hybridized carbons (Fsp3) is 0. The molecule has 0 amide bonds. The Labute approximate surface area is 226 Å². The first-order chi connectivity index (χ1) is 19.4. The first-order valence-electron chi connectivity index (χ1n) is 13.3. The van der Waals surface area contributed by atoms with E-state index < -0.39 is 0 Å². The van der Waals surface area contributed by atoms with Crippen molar-refractivity contribution in [3.63, 3.8) is 0 Å². The lowest BCUT2D eigenvalue weighted by Crippen LogP contribution is -2.57. The van der Waals surface area contributed by atoms with E-state index in [9.17, 15) is 0 Å². The maximum atomic E-state index is 6.70. The minimum atomic E-state index is -0.136. The van der Waals surface area contributed by atoms with E-state index in [2.05, 4.69) is 142 Å². The molecule has 4 nitrogen and oxygen atoms in total. The summed E-state index contributed by atoms with van der Waals surface area (Å²) in [5.41, 5.74) is 10.4. The lowest BCUT2D eigenvalue weighted by molar-refractivity contribution is 0.628. The number of furan rings is 1. The van der Waals surface area contributed by atoms with Gasteiger partial charge in [-0.1, -0.05) is 84.9 Å². The number of benzene rings is 5. The van der Waals surface area contributed by atoms with Crippen molar-refractivity contribution >= 4 is 57.4 Å². The van der Waals surface area contributed by atoms with Crippen molar-refractivity contribution in [1.29, 1.82) is 0 Å². The van der Waals surface area contributed by atoms with Crippen LogP contribution >= 0.6 is 0 Å². The molecule has 2 aromatic heterocycles. The highest BCUT2D eigenvalue weighted by atomic mass is 16.4. The van der Waals surface area contributed by atoms with Gasteiger partial charge in [-0.05, 0) is 48.5 Å². The summed E-state index contributed by atoms with van der Waals surface area (Å²) < 4.78 is 9.14. The zero-order valence-corrected chi connectivity index (χ0v) is 21.0. The molecule has 0 atom stereocenters. The summed E-state index contributed by atoms with van der Waals surface area (Å²) in [7, 11) is 0. The molecule has 5 heteroatoms. The Bertz CT molecular complexity index is 2010. The molecule has 0 unspecified atom stereocenters. The third-order valence-electron chi connectivity index (χ3n) is 8.14. The number of hydrogen-bond acceptors (Lipinski definition) is 3. The van der Waals surface area contributed by atoms with Gasteiger partial charge in [0.2, 0.25) is 5.88 Å². The molecule has 7 aromatic rings. The van der Waals surface area contributed by atoms with E-state index >= 15 is 0 Å². The highest BCUT2D eigenvalue weighted by Gasteiger charge is 2.53. The quantitative estimate of drug-likeness (QED) is 0.225. The van der Waals surface area contributed by atoms with Crippen LogP contribution in [0.15, 0.2) is 138 Å². The molecular formula is C34H22BN3O. The van der Waals surface area contributed by atoms with Crippen LogP contribution in [-0.4, -0.2) is 11.5 Å². The topological polar surface area (TPSA) is 24.6 Å². The van der Waals surface area contributed by atoms with Crippen molar-refractivity contribution in [3.05, 3.63) is 133 Å². The molecule has 182 valence electrons. The summed E-state index contributed by atoms with van der Waals surface area (Å²) >= 11 is 0. The van der Waals surface area contributed by atoms with Crippen LogP contribution in [0.2, 0.25) is 0 Å². The molecule has 4 heterocycles. The third kappa shape index (κ3) is 2.69. The fourth-order valence-corrected chi connectivity index (χ4v) is 6.65. The Morgan fingerprint density at radius 1 is 0.538 bits per heavy atom. The van der Waals surface area contributed by atoms with Crippen LogP contribution in [-0.2, 0) is 0 Å². The van der Waals surface area contributed by atoms with E-state index in [4.69, 9.17) is 4.42 Å². The molecule has 0 spiro atoms. The van der Waals surface area contributed by atoms with Gasteiger partial charge in [0, 0.05) is 44.6 Å². The maximum absolute atomic E-state index is 6.70. The molecule has 0 saturated heterocycles. The summed E-state index contributed by atoms with van der Waals surface area (Å²) in [5, 5.41) is 2.37. The first kappa shape index (κ1) is 20.9. The van der Waals surface area contributed by atoms with Gasteiger partial charge >= 0.3 is 6.98 Å². The van der Waals surface area contributed by atoms with Crippen LogP contribution in [0.1, 0.15) is 0 Å². The number of aromatic nitrogens is 1. The molecule has 39 heavy (non-hydrogen) atoms. The summed E-state index contributed by atoms with van der Waals surface area (Å²) in [6.07, 6.45) is 0. The Balaban J connectivity index is 1.47. The summed E-state index contributed by atoms with van der Waals surface area (Å²) in [6.45, 7) is -0.136. The molecule has 0 aliphatic carbocycles. The number of nitrogens with zero attached hydrogens (tertiary/aromatic N) is 3. The van der Waals surface area contributed by atoms with E-state index in [0.717, 1.165) is 39.6 Å². The Morgan fingerprint density at radius 3 is 2.00 bits per heavy atom. The Kier molecular flexibility index (Phi) is 4.11. The van der Waals surface area contributed by atoms with Crippen molar-refractivity contribution in [2.24, 2.45) is 0 Å². The molecule has 2 aliphatic rings. The lowest BCUT2D eigenvalue weighted by atomic mass is 9.62. The normalized spacial score (nSPS) is 13.5. The van der Waals surface area contributed by atoms with Gasteiger partial charge in [-0.15, -0.1) is 0 Å². The second-order valence-electron chi connectivity index (χ2n) is 10.2. The van der Waals surface area contributed by atoms with Gasteiger partial charge in [0.25, 0.3) is 0 Å². The summed E-state index contributed by atoms with van der Waals surface area (Å²) in [6, 6.07) is 47.3. The summed E-state index contributed by atoms with van der Waals surface area (Å²) in [5.74, 6) is 0.882. The van der Waals surface area contributed by atoms with Gasteiger partial charge in [0.15, 0.2) is 0 Å². The van der Waals surface area contributed by atoms with Gasteiger partial charge in [-0.2, -0.15) is 0 Å². The zero-order valence-electron chi connectivity index (χ0n) is 21.0. The Hall–Kier alpha value is -5.16. The minimum absolute atomic E-state index is 0.136. The van der Waals surface area contributed by atoms with E-state index in [0.29, 0.717) is 0 Å². The standard InChI is InChI=1S/C34H22BN3O/c1-3-13-23(14-4-1)36-28-20-10-7-17-25(28)31-26-18-8-11-21-29(26)38-34-32(27-19-9-12-22-30(27)39-34)37(35(38)33(31)36)24-15-5-2-6-16-24/h1-22H. The molecule has 0 saturated carbocycles. The van der Waals surface area contributed by atoms with Crippen molar-refractivity contribution < 1.29 is 4.42 Å². The predicted octanol–water partition coefficient (Wildman–Crippen LogP) is 8.04. The van der Waals surface area contributed by atoms with Crippen LogP contribution < -0.4 is 15.2 Å². The van der Waals surface area contributed by atoms with Crippen molar-refractivity contribution in [1.82, 2.24) is 4.57 Å². The van der Waals surface area contributed by atoms with Gasteiger partial charge in [0.1, 0.15) is 11.3 Å². The number of para-hydroxylation sites is 5. The highest BCUT2D eigenvalue weighted by Crippen LogP contribution is 2.55. The van der Waals surface area contributed by atoms with Gasteiger partial charge in [0.05, 0.1) is 5.52 Å². The fourth-order valence-electron chi connectivity index (χ4n) is 6.65. The average Bonchev–Trinajstić information content (AvgIpc) is 3.65. The number of anilines is 4. The van der Waals surface area contributed by atoms with E-state index in [-0.39, 0.29) is 6.98 Å². The average molecular weight is 499 g/mol. The van der Waals surface area contributed by atoms with Crippen molar-refractivity contribution in [2.45, 2.75) is 0 Å². The molecule has 5 aromatic carbocycles. The second kappa shape index (κ2) is 7.68. The molecule has 0 N–H and O–H groups in total. The molecule has 0 bridgehead atoms. The van der Waals surface area contributed by atoms with E-state index in [1.54, 1.807) is 0 Å². The highest BCUT2D eigenvalue weighted by molar-refractivity contribution is 6.86. The van der Waals surface area contributed by atoms with Crippen molar-refractivity contribution in [2.75, 3.05) is 9.62 Å². The SMILES string of the molecule is c1ccc(N2B3c4c(c5ccccc5n4-c4ccccc4)-c4ccccc4N3c3oc4ccccc4c32)cc1.